The molecule has 0 radical (unpaired) electrons. The van der Waals surface area contributed by atoms with Gasteiger partial charge in [0.15, 0.2) is 0 Å². The van der Waals surface area contributed by atoms with Crippen molar-refractivity contribution in [3.05, 3.63) is 47.0 Å². The molecular formula is C20H18Br2O2. The second-order valence-corrected chi connectivity index (χ2v) is 9.97. The van der Waals surface area contributed by atoms with E-state index in [1.54, 1.807) is 0 Å². The van der Waals surface area contributed by atoms with Crippen LogP contribution in [0.15, 0.2) is 30.3 Å². The molecule has 0 aromatic rings. The maximum atomic E-state index is 12.6. The van der Waals surface area contributed by atoms with Crippen molar-refractivity contribution in [1.82, 2.24) is 0 Å². The third-order valence-corrected chi connectivity index (χ3v) is 9.25. The summed E-state index contributed by atoms with van der Waals surface area (Å²) in [6.07, 6.45) is 4.61. The van der Waals surface area contributed by atoms with Crippen LogP contribution in [0.25, 0.3) is 11.1 Å². The Labute approximate surface area is 158 Å². The number of esters is 1. The Hall–Kier alpha value is -0.870. The van der Waals surface area contributed by atoms with Crippen molar-refractivity contribution in [2.45, 2.75) is 40.8 Å². The molecule has 2 saturated carbocycles. The minimum absolute atomic E-state index is 0.191. The van der Waals surface area contributed by atoms with Crippen molar-refractivity contribution in [1.29, 1.82) is 0 Å². The number of hydrogen-bond acceptors (Lipinski definition) is 2. The standard InChI is InChI=1S/C20H18Br2O2/c1-24-18(23)16-11-5-3-2-4-6-12(11)17-13(16)7-19-8-14(21)15(22)9-20(17,19)10-19/h2-6,14-15H,7-10H2,1H3/t14?,15?,19-,20+/m0/s1. The summed E-state index contributed by atoms with van der Waals surface area (Å²) in [5, 5.41) is 0. The number of ether oxygens (including phenoxy) is 1. The van der Waals surface area contributed by atoms with E-state index in [0.717, 1.165) is 24.0 Å². The molecular weight excluding hydrogens is 432 g/mol. The summed E-state index contributed by atoms with van der Waals surface area (Å²) < 4.78 is 5.14. The molecule has 0 aromatic carbocycles. The second-order valence-electron chi connectivity index (χ2n) is 7.61. The predicted molar refractivity (Wildman–Crippen MR) is 101 cm³/mol. The van der Waals surface area contributed by atoms with Gasteiger partial charge in [-0.15, -0.1) is 0 Å². The number of rotatable bonds is 1. The molecule has 5 aliphatic carbocycles. The zero-order chi connectivity index (χ0) is 16.7. The van der Waals surface area contributed by atoms with E-state index >= 15 is 0 Å². The highest BCUT2D eigenvalue weighted by molar-refractivity contribution is 9.12. The van der Waals surface area contributed by atoms with Gasteiger partial charge in [-0.25, -0.2) is 4.79 Å². The highest BCUT2D eigenvalue weighted by atomic mass is 79.9. The van der Waals surface area contributed by atoms with Gasteiger partial charge in [-0.05, 0) is 53.4 Å². The lowest BCUT2D eigenvalue weighted by atomic mass is 9.78. The van der Waals surface area contributed by atoms with Gasteiger partial charge in [0.05, 0.1) is 12.7 Å². The fraction of sp³-hybridized carbons (Fsp3) is 0.450. The van der Waals surface area contributed by atoms with Crippen LogP contribution < -0.4 is 0 Å². The maximum absolute atomic E-state index is 12.6. The van der Waals surface area contributed by atoms with Gasteiger partial charge >= 0.3 is 5.97 Å². The van der Waals surface area contributed by atoms with Crippen LogP contribution in [0.2, 0.25) is 0 Å². The Kier molecular flexibility index (Phi) is 3.11. The van der Waals surface area contributed by atoms with Crippen molar-refractivity contribution in [2.75, 3.05) is 7.11 Å². The Bertz CT molecular complexity index is 848. The molecule has 0 amide bonds. The van der Waals surface area contributed by atoms with Crippen molar-refractivity contribution in [3.8, 4) is 11.1 Å². The first-order valence-electron chi connectivity index (χ1n) is 8.43. The lowest BCUT2D eigenvalue weighted by Crippen LogP contribution is -2.32. The van der Waals surface area contributed by atoms with Gasteiger partial charge < -0.3 is 4.74 Å². The Balaban J connectivity index is 1.78. The highest BCUT2D eigenvalue weighted by Crippen LogP contribution is 2.80. The van der Waals surface area contributed by atoms with Gasteiger partial charge in [0.25, 0.3) is 0 Å². The van der Waals surface area contributed by atoms with Crippen LogP contribution in [-0.2, 0) is 16.6 Å². The Morgan fingerprint density at radius 1 is 1.12 bits per heavy atom. The minimum atomic E-state index is -0.191. The normalized spacial score (nSPS) is 36.0. The van der Waals surface area contributed by atoms with E-state index in [0.29, 0.717) is 15.1 Å². The molecule has 0 heterocycles. The maximum Gasteiger partial charge on any atom is 0.338 e. The molecule has 5 aliphatic rings. The topological polar surface area (TPSA) is 26.3 Å². The SMILES string of the molecule is COC(=O)c1c2cccccc-2c2c1C[C@@]13CC(Br)C(Br)C[C@@]21C3. The van der Waals surface area contributed by atoms with Gasteiger partial charge in [-0.1, -0.05) is 62.2 Å². The fourth-order valence-corrected chi connectivity index (χ4v) is 7.19. The van der Waals surface area contributed by atoms with Gasteiger partial charge in [-0.3, -0.25) is 0 Å². The number of halogens is 2. The fourth-order valence-electron chi connectivity index (χ4n) is 5.64. The molecule has 24 heavy (non-hydrogen) atoms. The van der Waals surface area contributed by atoms with E-state index in [1.165, 1.54) is 36.6 Å². The summed E-state index contributed by atoms with van der Waals surface area (Å²) in [4.78, 5) is 13.6. The van der Waals surface area contributed by atoms with E-state index in [2.05, 4.69) is 50.1 Å². The molecule has 4 atom stereocenters. The zero-order valence-corrected chi connectivity index (χ0v) is 16.6. The van der Waals surface area contributed by atoms with Crippen LogP contribution in [0, 0.1) is 5.41 Å². The molecule has 0 aromatic heterocycles. The van der Waals surface area contributed by atoms with Gasteiger partial charge in [0, 0.05) is 15.1 Å². The van der Waals surface area contributed by atoms with Crippen LogP contribution in [0.3, 0.4) is 0 Å². The van der Waals surface area contributed by atoms with E-state index in [9.17, 15) is 4.79 Å². The average molecular weight is 450 g/mol. The molecule has 0 N–H and O–H groups in total. The van der Waals surface area contributed by atoms with Crippen LogP contribution in [0.5, 0.6) is 0 Å². The number of methoxy groups -OCH3 is 1. The molecule has 124 valence electrons. The van der Waals surface area contributed by atoms with E-state index in [-0.39, 0.29) is 11.4 Å². The monoisotopic (exact) mass is 448 g/mol. The summed E-state index contributed by atoms with van der Waals surface area (Å²) in [7, 11) is 1.48. The third-order valence-electron chi connectivity index (χ3n) is 6.62. The molecule has 0 bridgehead atoms. The predicted octanol–water partition coefficient (Wildman–Crippen LogP) is 5.08. The first-order valence-corrected chi connectivity index (χ1v) is 10.3. The van der Waals surface area contributed by atoms with Crippen molar-refractivity contribution in [2.24, 2.45) is 5.41 Å². The second kappa shape index (κ2) is 4.85. The number of alkyl halides is 2. The van der Waals surface area contributed by atoms with Crippen molar-refractivity contribution in [3.63, 3.8) is 0 Å². The summed E-state index contributed by atoms with van der Waals surface area (Å²) >= 11 is 7.75. The molecule has 4 heteroatoms. The molecule has 2 nitrogen and oxygen atoms in total. The third kappa shape index (κ3) is 1.69. The average Bonchev–Trinajstić information content (AvgIpc) is 3.06. The van der Waals surface area contributed by atoms with Crippen LogP contribution in [0.4, 0.5) is 0 Å². The van der Waals surface area contributed by atoms with E-state index in [4.69, 9.17) is 4.74 Å². The van der Waals surface area contributed by atoms with Gasteiger partial charge in [0.1, 0.15) is 0 Å². The summed E-state index contributed by atoms with van der Waals surface area (Å²) in [5.41, 5.74) is 6.42. The van der Waals surface area contributed by atoms with Gasteiger partial charge in [-0.2, -0.15) is 0 Å². The lowest BCUT2D eigenvalue weighted by Gasteiger charge is -2.33. The zero-order valence-electron chi connectivity index (χ0n) is 13.4. The molecule has 0 spiro atoms. The molecule has 0 aliphatic heterocycles. The number of carbonyl (C=O) groups is 1. The van der Waals surface area contributed by atoms with Crippen molar-refractivity contribution >= 4 is 37.8 Å². The van der Waals surface area contributed by atoms with Crippen LogP contribution >= 0.6 is 31.9 Å². The summed E-state index contributed by atoms with van der Waals surface area (Å²) in [6, 6.07) is 10.4. The molecule has 5 rings (SSSR count). The Morgan fingerprint density at radius 2 is 1.83 bits per heavy atom. The number of hydrogen-bond donors (Lipinski definition) is 0. The van der Waals surface area contributed by atoms with E-state index in [1.807, 2.05) is 12.1 Å². The molecule has 2 fully saturated rings. The largest absolute Gasteiger partial charge is 0.465 e. The van der Waals surface area contributed by atoms with Crippen molar-refractivity contribution < 1.29 is 9.53 Å². The van der Waals surface area contributed by atoms with E-state index < -0.39 is 0 Å². The molecule has 0 saturated heterocycles. The quantitative estimate of drug-likeness (QED) is 0.448. The van der Waals surface area contributed by atoms with Gasteiger partial charge in [0.2, 0.25) is 0 Å². The molecule has 2 unspecified atom stereocenters. The summed E-state index contributed by atoms with van der Waals surface area (Å²) in [6.45, 7) is 0. The smallest absolute Gasteiger partial charge is 0.338 e. The van der Waals surface area contributed by atoms with Crippen LogP contribution in [-0.4, -0.2) is 22.7 Å². The summed E-state index contributed by atoms with van der Waals surface area (Å²) in [5.74, 6) is -0.191. The Morgan fingerprint density at radius 3 is 2.58 bits per heavy atom. The first-order chi connectivity index (χ1) is 11.5. The first kappa shape index (κ1) is 15.4. The minimum Gasteiger partial charge on any atom is -0.465 e. The van der Waals surface area contributed by atoms with Crippen LogP contribution in [0.1, 0.15) is 40.7 Å². The highest BCUT2D eigenvalue weighted by Gasteiger charge is 2.75. The number of fused-ring (bicyclic) bond motifs is 3. The number of carbonyl (C=O) groups excluding carboxylic acids is 1. The lowest BCUT2D eigenvalue weighted by molar-refractivity contribution is 0.0600.